The second-order valence-corrected chi connectivity index (χ2v) is 1.61. The Hall–Kier alpha value is -1.25. The number of carbonyl (C=O) groups is 1. The third-order valence-corrected chi connectivity index (χ3v) is 0.897. The smallest absolute Gasteiger partial charge is 0.181 e. The van der Waals surface area contributed by atoms with Gasteiger partial charge in [-0.05, 0) is 12.8 Å². The largest absolute Gasteiger partial charge is 0.293 e. The van der Waals surface area contributed by atoms with E-state index in [-0.39, 0.29) is 5.70 Å². The van der Waals surface area contributed by atoms with Gasteiger partial charge in [0.05, 0.1) is 0 Å². The molecule has 0 aromatic carbocycles. The number of rotatable bonds is 3. The summed E-state index contributed by atoms with van der Waals surface area (Å²) < 4.78 is 12.5. The SMILES string of the molecule is C=C/C(F)=C(\N=C)C(C)=O. The molecule has 0 saturated heterocycles. The van der Waals surface area contributed by atoms with Crippen LogP contribution in [-0.4, -0.2) is 12.5 Å². The van der Waals surface area contributed by atoms with Crippen molar-refractivity contribution >= 4 is 12.5 Å². The van der Waals surface area contributed by atoms with Crippen LogP contribution in [0.3, 0.4) is 0 Å². The van der Waals surface area contributed by atoms with Gasteiger partial charge in [-0.25, -0.2) is 4.39 Å². The van der Waals surface area contributed by atoms with Crippen molar-refractivity contribution in [3.05, 3.63) is 24.2 Å². The molecule has 0 aromatic heterocycles. The first kappa shape index (κ1) is 8.75. The van der Waals surface area contributed by atoms with Crippen molar-refractivity contribution in [1.29, 1.82) is 0 Å². The molecule has 0 spiro atoms. The zero-order valence-electron chi connectivity index (χ0n) is 5.72. The lowest BCUT2D eigenvalue weighted by atomic mass is 10.3. The molecule has 2 nitrogen and oxygen atoms in total. The molecular formula is C7H8FNO. The Bertz CT molecular complexity index is 206. The van der Waals surface area contributed by atoms with Crippen LogP contribution in [0, 0.1) is 0 Å². The van der Waals surface area contributed by atoms with Crippen LogP contribution in [0.1, 0.15) is 6.92 Å². The molecule has 0 aliphatic rings. The van der Waals surface area contributed by atoms with Gasteiger partial charge in [-0.2, -0.15) is 0 Å². The molecule has 0 aromatic rings. The van der Waals surface area contributed by atoms with Crippen molar-refractivity contribution in [3.63, 3.8) is 0 Å². The van der Waals surface area contributed by atoms with Gasteiger partial charge in [-0.1, -0.05) is 6.58 Å². The van der Waals surface area contributed by atoms with E-state index in [1.165, 1.54) is 6.92 Å². The molecular weight excluding hydrogens is 133 g/mol. The number of nitrogens with zero attached hydrogens (tertiary/aromatic N) is 1. The highest BCUT2D eigenvalue weighted by atomic mass is 19.1. The second kappa shape index (κ2) is 3.71. The first-order valence-corrected chi connectivity index (χ1v) is 2.63. The Kier molecular flexibility index (Phi) is 3.25. The summed E-state index contributed by atoms with van der Waals surface area (Å²) in [5.74, 6) is -1.19. The van der Waals surface area contributed by atoms with Crippen LogP contribution >= 0.6 is 0 Å². The minimum absolute atomic E-state index is 0.269. The molecule has 0 atom stereocenters. The van der Waals surface area contributed by atoms with Crippen LogP contribution in [0.25, 0.3) is 0 Å². The van der Waals surface area contributed by atoms with Gasteiger partial charge >= 0.3 is 0 Å². The summed E-state index contributed by atoms with van der Waals surface area (Å²) in [5, 5.41) is 0. The molecule has 0 heterocycles. The highest BCUT2D eigenvalue weighted by Crippen LogP contribution is 2.08. The van der Waals surface area contributed by atoms with Gasteiger partial charge in [-0.3, -0.25) is 9.79 Å². The number of allylic oxidation sites excluding steroid dienone is 3. The van der Waals surface area contributed by atoms with E-state index < -0.39 is 11.6 Å². The third-order valence-electron chi connectivity index (χ3n) is 0.897. The highest BCUT2D eigenvalue weighted by Gasteiger charge is 2.05. The van der Waals surface area contributed by atoms with Gasteiger partial charge < -0.3 is 0 Å². The molecule has 3 heteroatoms. The summed E-state index contributed by atoms with van der Waals surface area (Å²) in [5.41, 5.74) is -0.269. The van der Waals surface area contributed by atoms with E-state index in [1.807, 2.05) is 0 Å². The van der Waals surface area contributed by atoms with E-state index in [1.54, 1.807) is 0 Å². The van der Waals surface area contributed by atoms with E-state index in [0.717, 1.165) is 6.08 Å². The van der Waals surface area contributed by atoms with Crippen molar-refractivity contribution in [3.8, 4) is 0 Å². The number of Topliss-reactive ketones (excluding diaryl/α,β-unsaturated/α-hetero) is 1. The molecule has 0 aliphatic heterocycles. The Morgan fingerprint density at radius 2 is 2.20 bits per heavy atom. The van der Waals surface area contributed by atoms with Gasteiger partial charge in [0.2, 0.25) is 0 Å². The van der Waals surface area contributed by atoms with Gasteiger partial charge in [0.15, 0.2) is 11.6 Å². The number of ketones is 1. The molecule has 10 heavy (non-hydrogen) atoms. The van der Waals surface area contributed by atoms with Crippen LogP contribution in [0.15, 0.2) is 29.2 Å². The molecule has 0 radical (unpaired) electrons. The van der Waals surface area contributed by atoms with Crippen molar-refractivity contribution < 1.29 is 9.18 Å². The molecule has 0 N–H and O–H groups in total. The molecule has 0 saturated carbocycles. The molecule has 0 fully saturated rings. The summed E-state index contributed by atoms with van der Waals surface area (Å²) in [7, 11) is 0. The van der Waals surface area contributed by atoms with Crippen LogP contribution in [-0.2, 0) is 4.79 Å². The van der Waals surface area contributed by atoms with Crippen LogP contribution in [0.2, 0.25) is 0 Å². The third kappa shape index (κ3) is 1.93. The molecule has 0 amide bonds. The van der Waals surface area contributed by atoms with Crippen LogP contribution in [0.5, 0.6) is 0 Å². The summed E-state index contributed by atoms with van der Waals surface area (Å²) in [6.45, 7) is 7.39. The standard InChI is InChI=1S/C7H8FNO/c1-4-6(8)7(9-3)5(2)10/h4H,1,3H2,2H3/b7-6+. The number of hydrogen-bond acceptors (Lipinski definition) is 2. The second-order valence-electron chi connectivity index (χ2n) is 1.61. The first-order valence-electron chi connectivity index (χ1n) is 2.63. The average molecular weight is 141 g/mol. The maximum absolute atomic E-state index is 12.5. The van der Waals surface area contributed by atoms with Crippen LogP contribution < -0.4 is 0 Å². The predicted octanol–water partition coefficient (Wildman–Crippen LogP) is 1.64. The summed E-state index contributed by atoms with van der Waals surface area (Å²) >= 11 is 0. The highest BCUT2D eigenvalue weighted by molar-refractivity contribution is 5.94. The Morgan fingerprint density at radius 3 is 2.30 bits per heavy atom. The lowest BCUT2D eigenvalue weighted by Gasteiger charge is -1.92. The van der Waals surface area contributed by atoms with Crippen molar-refractivity contribution in [2.45, 2.75) is 6.92 Å². The fourth-order valence-electron chi connectivity index (χ4n) is 0.452. The first-order chi connectivity index (χ1) is 4.63. The van der Waals surface area contributed by atoms with Gasteiger partial charge in [0.25, 0.3) is 0 Å². The lowest BCUT2D eigenvalue weighted by molar-refractivity contribution is -0.113. The minimum Gasteiger partial charge on any atom is -0.293 e. The molecule has 54 valence electrons. The zero-order valence-corrected chi connectivity index (χ0v) is 5.72. The summed E-state index contributed by atoms with van der Waals surface area (Å²) in [6.07, 6.45) is 0.922. The quantitative estimate of drug-likeness (QED) is 0.334. The minimum atomic E-state index is -0.734. The van der Waals surface area contributed by atoms with E-state index in [2.05, 4.69) is 18.3 Å². The predicted molar refractivity (Wildman–Crippen MR) is 38.6 cm³/mol. The topological polar surface area (TPSA) is 29.4 Å². The number of aliphatic imine (C=N–C) groups is 1. The average Bonchev–Trinajstić information content (AvgIpc) is 1.88. The van der Waals surface area contributed by atoms with Crippen molar-refractivity contribution in [2.75, 3.05) is 0 Å². The molecule has 0 unspecified atom stereocenters. The monoisotopic (exact) mass is 141 g/mol. The van der Waals surface area contributed by atoms with E-state index in [9.17, 15) is 9.18 Å². The fraction of sp³-hybridized carbons (Fsp3) is 0.143. The maximum Gasteiger partial charge on any atom is 0.181 e. The summed E-state index contributed by atoms with van der Waals surface area (Å²) in [6, 6.07) is 0. The fourth-order valence-corrected chi connectivity index (χ4v) is 0.452. The van der Waals surface area contributed by atoms with Crippen molar-refractivity contribution in [2.24, 2.45) is 4.99 Å². The number of hydrogen-bond donors (Lipinski definition) is 0. The molecule has 0 aliphatic carbocycles. The molecule has 0 bridgehead atoms. The number of halogens is 1. The van der Waals surface area contributed by atoms with Gasteiger partial charge in [0.1, 0.15) is 5.70 Å². The summed E-state index contributed by atoms with van der Waals surface area (Å²) in [4.78, 5) is 13.7. The lowest BCUT2D eigenvalue weighted by Crippen LogP contribution is -1.94. The van der Waals surface area contributed by atoms with E-state index in [0.29, 0.717) is 0 Å². The Morgan fingerprint density at radius 1 is 1.70 bits per heavy atom. The van der Waals surface area contributed by atoms with Crippen LogP contribution in [0.4, 0.5) is 4.39 Å². The Labute approximate surface area is 58.8 Å². The van der Waals surface area contributed by atoms with Gasteiger partial charge in [-0.15, -0.1) is 0 Å². The number of carbonyl (C=O) groups excluding carboxylic acids is 1. The van der Waals surface area contributed by atoms with Gasteiger partial charge in [0, 0.05) is 6.92 Å². The Balaban J connectivity index is 4.79. The normalized spacial score (nSPS) is 11.8. The zero-order chi connectivity index (χ0) is 8.15. The van der Waals surface area contributed by atoms with E-state index >= 15 is 0 Å². The maximum atomic E-state index is 12.5. The van der Waals surface area contributed by atoms with E-state index in [4.69, 9.17) is 0 Å². The van der Waals surface area contributed by atoms with Crippen molar-refractivity contribution in [1.82, 2.24) is 0 Å². The molecule has 0 rings (SSSR count).